The largest absolute Gasteiger partial charge is 0.496 e. The van der Waals surface area contributed by atoms with Gasteiger partial charge in [-0.15, -0.1) is 24.8 Å². The maximum Gasteiger partial charge on any atom is 0.165 e. The Kier molecular flexibility index (Phi) is 10.3. The van der Waals surface area contributed by atoms with Gasteiger partial charge in [0.1, 0.15) is 5.75 Å². The maximum atomic E-state index is 6.30. The molecule has 172 valence electrons. The Morgan fingerprint density at radius 2 is 1.53 bits per heavy atom. The van der Waals surface area contributed by atoms with Gasteiger partial charge in [0, 0.05) is 37.8 Å². The second-order valence-corrected chi connectivity index (χ2v) is 8.29. The van der Waals surface area contributed by atoms with Crippen molar-refractivity contribution in [3.8, 4) is 17.2 Å². The average Bonchev–Trinajstić information content (AvgIpc) is 3.20. The molecule has 1 aromatic carbocycles. The monoisotopic (exact) mass is 462 g/mol. The molecule has 0 aromatic heterocycles. The molecule has 0 N–H and O–H groups in total. The molecule has 2 heterocycles. The molecule has 2 saturated heterocycles. The molecule has 0 amide bonds. The predicted octanol–water partition coefficient (Wildman–Crippen LogP) is 3.63. The summed E-state index contributed by atoms with van der Waals surface area (Å²) in [4.78, 5) is 4.99. The highest BCUT2D eigenvalue weighted by molar-refractivity contribution is 5.85. The molecule has 3 fully saturated rings. The van der Waals surface area contributed by atoms with Crippen molar-refractivity contribution in [2.45, 2.75) is 38.3 Å². The Bertz CT molecular complexity index is 646. The van der Waals surface area contributed by atoms with Crippen LogP contribution in [-0.2, 0) is 11.3 Å². The second kappa shape index (κ2) is 12.2. The fourth-order valence-corrected chi connectivity index (χ4v) is 4.58. The molecule has 6 nitrogen and oxygen atoms in total. The first kappa shape index (κ1) is 25.3. The van der Waals surface area contributed by atoms with Crippen LogP contribution in [0.2, 0.25) is 0 Å². The highest BCUT2D eigenvalue weighted by atomic mass is 35.5. The Balaban J connectivity index is 0.00000160. The van der Waals surface area contributed by atoms with Gasteiger partial charge in [0.25, 0.3) is 0 Å². The lowest BCUT2D eigenvalue weighted by atomic mass is 9.81. The fraction of sp³-hybridized carbons (Fsp3) is 0.727. The summed E-state index contributed by atoms with van der Waals surface area (Å²) in [6.45, 7) is 8.26. The van der Waals surface area contributed by atoms with E-state index in [0.717, 1.165) is 81.9 Å². The number of halogens is 2. The summed E-state index contributed by atoms with van der Waals surface area (Å²) >= 11 is 0. The predicted molar refractivity (Wildman–Crippen MR) is 123 cm³/mol. The molecule has 30 heavy (non-hydrogen) atoms. The van der Waals surface area contributed by atoms with Crippen molar-refractivity contribution in [3.05, 3.63) is 17.7 Å². The highest BCUT2D eigenvalue weighted by Crippen LogP contribution is 2.40. The van der Waals surface area contributed by atoms with Crippen LogP contribution in [0.25, 0.3) is 0 Å². The minimum atomic E-state index is 0. The van der Waals surface area contributed by atoms with Gasteiger partial charge >= 0.3 is 0 Å². The molecule has 0 unspecified atom stereocenters. The zero-order valence-corrected chi connectivity index (χ0v) is 19.8. The molecule has 8 heteroatoms. The molecule has 2 aliphatic heterocycles. The number of morpholine rings is 1. The minimum Gasteiger partial charge on any atom is -0.496 e. The first-order valence-electron chi connectivity index (χ1n) is 10.7. The smallest absolute Gasteiger partial charge is 0.165 e. The first-order valence-corrected chi connectivity index (χ1v) is 10.7. The minimum absolute atomic E-state index is 0. The highest BCUT2D eigenvalue weighted by Gasteiger charge is 2.33. The van der Waals surface area contributed by atoms with Crippen LogP contribution in [0.4, 0.5) is 0 Å². The van der Waals surface area contributed by atoms with E-state index in [0.29, 0.717) is 0 Å². The molecule has 0 atom stereocenters. The third-order valence-electron chi connectivity index (χ3n) is 6.27. The summed E-state index contributed by atoms with van der Waals surface area (Å²) in [6, 6.07) is 4.11. The van der Waals surface area contributed by atoms with Crippen molar-refractivity contribution in [2.24, 2.45) is 5.92 Å². The van der Waals surface area contributed by atoms with Crippen LogP contribution in [0.15, 0.2) is 12.1 Å². The standard InChI is InChI=1S/C22H34N2O4.2ClH/c1-25-20-14-22(21(26-2)13-18(20)16-23-5-3-4-6-23)28-19-11-17(12-19)15-24-7-9-27-10-8-24;;/h13-14,17,19H,3-12,15-16H2,1-2H3;2*1H. The van der Waals surface area contributed by atoms with Gasteiger partial charge in [0.2, 0.25) is 0 Å². The fourth-order valence-electron chi connectivity index (χ4n) is 4.58. The Morgan fingerprint density at radius 1 is 0.867 bits per heavy atom. The van der Waals surface area contributed by atoms with Crippen LogP contribution in [-0.4, -0.2) is 76.1 Å². The van der Waals surface area contributed by atoms with Crippen LogP contribution >= 0.6 is 24.8 Å². The molecular weight excluding hydrogens is 427 g/mol. The molecule has 0 bridgehead atoms. The number of hydrogen-bond donors (Lipinski definition) is 0. The van der Waals surface area contributed by atoms with Gasteiger partial charge < -0.3 is 18.9 Å². The summed E-state index contributed by atoms with van der Waals surface area (Å²) < 4.78 is 23.1. The van der Waals surface area contributed by atoms with Gasteiger partial charge in [-0.25, -0.2) is 0 Å². The van der Waals surface area contributed by atoms with Crippen LogP contribution < -0.4 is 14.2 Å². The zero-order chi connectivity index (χ0) is 19.3. The summed E-state index contributed by atoms with van der Waals surface area (Å²) in [5.41, 5.74) is 1.17. The van der Waals surface area contributed by atoms with Gasteiger partial charge in [-0.1, -0.05) is 0 Å². The van der Waals surface area contributed by atoms with Crippen molar-refractivity contribution < 1.29 is 18.9 Å². The molecule has 1 saturated carbocycles. The Morgan fingerprint density at radius 3 is 2.17 bits per heavy atom. The van der Waals surface area contributed by atoms with E-state index in [1.165, 1.54) is 24.9 Å². The lowest BCUT2D eigenvalue weighted by Gasteiger charge is -2.39. The molecule has 0 radical (unpaired) electrons. The SMILES string of the molecule is COc1cc(OC2CC(CN3CCOCC3)C2)c(OC)cc1CN1CCCC1.Cl.Cl. The Hall–Kier alpha value is -0.920. The van der Waals surface area contributed by atoms with E-state index < -0.39 is 0 Å². The van der Waals surface area contributed by atoms with Crippen LogP contribution in [0.3, 0.4) is 0 Å². The number of nitrogens with zero attached hydrogens (tertiary/aromatic N) is 2. The second-order valence-electron chi connectivity index (χ2n) is 8.29. The van der Waals surface area contributed by atoms with E-state index in [4.69, 9.17) is 18.9 Å². The molecule has 1 aliphatic carbocycles. The zero-order valence-electron chi connectivity index (χ0n) is 18.1. The number of rotatable bonds is 8. The van der Waals surface area contributed by atoms with E-state index in [2.05, 4.69) is 15.9 Å². The van der Waals surface area contributed by atoms with Crippen molar-refractivity contribution in [3.63, 3.8) is 0 Å². The maximum absolute atomic E-state index is 6.30. The van der Waals surface area contributed by atoms with Gasteiger partial charge in [-0.3, -0.25) is 9.80 Å². The quantitative estimate of drug-likeness (QED) is 0.587. The van der Waals surface area contributed by atoms with Gasteiger partial charge in [-0.05, 0) is 50.8 Å². The van der Waals surface area contributed by atoms with E-state index in [1.807, 2.05) is 6.07 Å². The third kappa shape index (κ3) is 6.30. The molecule has 3 aliphatic rings. The van der Waals surface area contributed by atoms with Gasteiger partial charge in [-0.2, -0.15) is 0 Å². The van der Waals surface area contributed by atoms with Crippen LogP contribution in [0.1, 0.15) is 31.2 Å². The number of likely N-dealkylation sites (tertiary alicyclic amines) is 1. The van der Waals surface area contributed by atoms with E-state index in [9.17, 15) is 0 Å². The number of ether oxygens (including phenoxy) is 4. The topological polar surface area (TPSA) is 43.4 Å². The van der Waals surface area contributed by atoms with Crippen LogP contribution in [0.5, 0.6) is 17.2 Å². The van der Waals surface area contributed by atoms with E-state index >= 15 is 0 Å². The lowest BCUT2D eigenvalue weighted by molar-refractivity contribution is -0.000465. The molecule has 1 aromatic rings. The van der Waals surface area contributed by atoms with Gasteiger partial charge in [0.15, 0.2) is 11.5 Å². The van der Waals surface area contributed by atoms with Crippen molar-refractivity contribution in [1.82, 2.24) is 9.80 Å². The number of benzene rings is 1. The molecule has 4 rings (SSSR count). The normalized spacial score (nSPS) is 24.3. The summed E-state index contributed by atoms with van der Waals surface area (Å²) in [5, 5.41) is 0. The average molecular weight is 463 g/mol. The molecular formula is C22H36Cl2N2O4. The van der Waals surface area contributed by atoms with Crippen molar-refractivity contribution in [2.75, 3.05) is 60.2 Å². The van der Waals surface area contributed by atoms with E-state index in [1.54, 1.807) is 14.2 Å². The first-order chi connectivity index (χ1) is 13.7. The number of hydrogen-bond acceptors (Lipinski definition) is 6. The van der Waals surface area contributed by atoms with Crippen LogP contribution in [0, 0.1) is 5.92 Å². The third-order valence-corrected chi connectivity index (χ3v) is 6.27. The summed E-state index contributed by atoms with van der Waals surface area (Å²) in [6.07, 6.45) is 5.06. The van der Waals surface area contributed by atoms with E-state index in [-0.39, 0.29) is 30.9 Å². The number of methoxy groups -OCH3 is 2. The Labute approximate surface area is 193 Å². The summed E-state index contributed by atoms with van der Waals surface area (Å²) in [7, 11) is 3.46. The van der Waals surface area contributed by atoms with Crippen molar-refractivity contribution >= 4 is 24.8 Å². The van der Waals surface area contributed by atoms with Gasteiger partial charge in [0.05, 0.1) is 33.5 Å². The van der Waals surface area contributed by atoms with Crippen molar-refractivity contribution in [1.29, 1.82) is 0 Å². The lowest BCUT2D eigenvalue weighted by Crippen LogP contribution is -2.45. The molecule has 0 spiro atoms. The summed E-state index contributed by atoms with van der Waals surface area (Å²) in [5.74, 6) is 3.24.